The van der Waals surface area contributed by atoms with Gasteiger partial charge in [0.1, 0.15) is 4.60 Å². The Labute approximate surface area is 134 Å². The second-order valence-electron chi connectivity index (χ2n) is 3.98. The molecule has 2 rings (SSSR count). The lowest BCUT2D eigenvalue weighted by atomic mass is 10.2. The van der Waals surface area contributed by atoms with Crippen molar-refractivity contribution in [2.75, 3.05) is 12.4 Å². The molecule has 0 unspecified atom stereocenters. The molecule has 1 amide bonds. The lowest BCUT2D eigenvalue weighted by Crippen LogP contribution is -2.13. The first-order valence-corrected chi connectivity index (χ1v) is 6.99. The number of benzene rings is 1. The highest BCUT2D eigenvalue weighted by molar-refractivity contribution is 9.10. The van der Waals surface area contributed by atoms with Gasteiger partial charge in [-0.05, 0) is 46.3 Å². The van der Waals surface area contributed by atoms with E-state index in [2.05, 4.69) is 31.0 Å². The average molecular weight is 370 g/mol. The van der Waals surface area contributed by atoms with Gasteiger partial charge in [-0.3, -0.25) is 4.79 Å². The minimum atomic E-state index is -0.571. The molecule has 108 valence electrons. The Hall–Kier alpha value is -1.92. The number of rotatable bonds is 3. The first kappa shape index (κ1) is 15.5. The monoisotopic (exact) mass is 368 g/mol. The smallest absolute Gasteiger partial charge is 0.339 e. The number of anilines is 1. The lowest BCUT2D eigenvalue weighted by molar-refractivity contribution is 0.0600. The van der Waals surface area contributed by atoms with Crippen molar-refractivity contribution in [3.05, 3.63) is 57.3 Å². The number of hydrogen-bond acceptors (Lipinski definition) is 4. The molecule has 1 aromatic carbocycles. The van der Waals surface area contributed by atoms with Crippen LogP contribution >= 0.6 is 27.5 Å². The second kappa shape index (κ2) is 6.69. The summed E-state index contributed by atoms with van der Waals surface area (Å²) in [6.07, 6.45) is 1.57. The fraction of sp³-hybridized carbons (Fsp3) is 0.0714. The van der Waals surface area contributed by atoms with Crippen molar-refractivity contribution >= 4 is 45.1 Å². The van der Waals surface area contributed by atoms with Gasteiger partial charge in [0.25, 0.3) is 5.91 Å². The van der Waals surface area contributed by atoms with Crippen molar-refractivity contribution < 1.29 is 14.3 Å². The van der Waals surface area contributed by atoms with E-state index in [0.29, 0.717) is 15.9 Å². The normalized spacial score (nSPS) is 10.0. The fourth-order valence-corrected chi connectivity index (χ4v) is 2.25. The summed E-state index contributed by atoms with van der Waals surface area (Å²) >= 11 is 9.12. The summed E-state index contributed by atoms with van der Waals surface area (Å²) in [5.74, 6) is -0.924. The van der Waals surface area contributed by atoms with Gasteiger partial charge in [-0.1, -0.05) is 11.6 Å². The number of esters is 1. The van der Waals surface area contributed by atoms with E-state index in [1.807, 2.05) is 0 Å². The lowest BCUT2D eigenvalue weighted by Gasteiger charge is -2.08. The Morgan fingerprint density at radius 1 is 1.29 bits per heavy atom. The van der Waals surface area contributed by atoms with Crippen LogP contribution in [0.5, 0.6) is 0 Å². The number of methoxy groups -OCH3 is 1. The van der Waals surface area contributed by atoms with E-state index in [1.54, 1.807) is 24.4 Å². The number of ether oxygens (including phenoxy) is 1. The van der Waals surface area contributed by atoms with Crippen LogP contribution in [0.1, 0.15) is 20.7 Å². The number of pyridine rings is 1. The van der Waals surface area contributed by atoms with Crippen LogP contribution in [0.25, 0.3) is 0 Å². The standard InChI is InChI=1S/C14H10BrClN2O3/c1-21-14(20)10-7-8(4-5-11(10)16)18-13(19)9-3-2-6-17-12(9)15/h2-7H,1H3,(H,18,19). The molecule has 0 saturated carbocycles. The van der Waals surface area contributed by atoms with Crippen LogP contribution in [0.15, 0.2) is 41.1 Å². The minimum absolute atomic E-state index is 0.183. The van der Waals surface area contributed by atoms with E-state index >= 15 is 0 Å². The van der Waals surface area contributed by atoms with Crippen molar-refractivity contribution in [3.8, 4) is 0 Å². The van der Waals surface area contributed by atoms with Gasteiger partial charge in [0.05, 0.1) is 23.3 Å². The molecule has 0 aliphatic heterocycles. The number of nitrogens with zero attached hydrogens (tertiary/aromatic N) is 1. The number of halogens is 2. The van der Waals surface area contributed by atoms with Crippen LogP contribution in [0.2, 0.25) is 5.02 Å². The van der Waals surface area contributed by atoms with Gasteiger partial charge in [0.15, 0.2) is 0 Å². The van der Waals surface area contributed by atoms with Crippen molar-refractivity contribution in [2.24, 2.45) is 0 Å². The Morgan fingerprint density at radius 2 is 2.05 bits per heavy atom. The molecule has 0 saturated heterocycles. The van der Waals surface area contributed by atoms with Crippen LogP contribution in [0.4, 0.5) is 5.69 Å². The van der Waals surface area contributed by atoms with E-state index in [4.69, 9.17) is 11.6 Å². The van der Waals surface area contributed by atoms with E-state index in [0.717, 1.165) is 0 Å². The maximum atomic E-state index is 12.1. The SMILES string of the molecule is COC(=O)c1cc(NC(=O)c2cccnc2Br)ccc1Cl. The molecule has 0 aliphatic carbocycles. The van der Waals surface area contributed by atoms with Gasteiger partial charge < -0.3 is 10.1 Å². The summed E-state index contributed by atoms with van der Waals surface area (Å²) < 4.78 is 5.06. The summed E-state index contributed by atoms with van der Waals surface area (Å²) in [4.78, 5) is 27.7. The van der Waals surface area contributed by atoms with Gasteiger partial charge in [0.2, 0.25) is 0 Å². The highest BCUT2D eigenvalue weighted by atomic mass is 79.9. The molecule has 0 bridgehead atoms. The summed E-state index contributed by atoms with van der Waals surface area (Å²) in [7, 11) is 1.26. The molecule has 2 aromatic rings. The maximum Gasteiger partial charge on any atom is 0.339 e. The molecule has 7 heteroatoms. The van der Waals surface area contributed by atoms with Crippen molar-refractivity contribution in [2.45, 2.75) is 0 Å². The second-order valence-corrected chi connectivity index (χ2v) is 5.14. The Balaban J connectivity index is 2.26. The molecule has 1 aromatic heterocycles. The highest BCUT2D eigenvalue weighted by Crippen LogP contribution is 2.22. The minimum Gasteiger partial charge on any atom is -0.465 e. The molecule has 0 atom stereocenters. The topological polar surface area (TPSA) is 68.3 Å². The number of carbonyl (C=O) groups is 2. The quantitative estimate of drug-likeness (QED) is 0.664. The molecule has 1 heterocycles. The molecule has 21 heavy (non-hydrogen) atoms. The molecule has 0 radical (unpaired) electrons. The molecule has 0 spiro atoms. The van der Waals surface area contributed by atoms with Gasteiger partial charge in [0, 0.05) is 11.9 Å². The van der Waals surface area contributed by atoms with Crippen LogP contribution in [-0.2, 0) is 4.74 Å². The molecule has 0 fully saturated rings. The van der Waals surface area contributed by atoms with Gasteiger partial charge in [-0.25, -0.2) is 9.78 Å². The molecular formula is C14H10BrClN2O3. The molecule has 0 aliphatic rings. The van der Waals surface area contributed by atoms with Gasteiger partial charge >= 0.3 is 5.97 Å². The van der Waals surface area contributed by atoms with Crippen LogP contribution in [-0.4, -0.2) is 24.0 Å². The van der Waals surface area contributed by atoms with Crippen molar-refractivity contribution in [1.82, 2.24) is 4.98 Å². The molecule has 1 N–H and O–H groups in total. The zero-order valence-corrected chi connectivity index (χ0v) is 13.2. The number of aromatic nitrogens is 1. The van der Waals surface area contributed by atoms with Crippen molar-refractivity contribution in [1.29, 1.82) is 0 Å². The van der Waals surface area contributed by atoms with Crippen LogP contribution < -0.4 is 5.32 Å². The summed E-state index contributed by atoms with van der Waals surface area (Å²) in [6.45, 7) is 0. The molecular weight excluding hydrogens is 360 g/mol. The Kier molecular flexibility index (Phi) is 4.93. The predicted octanol–water partition coefficient (Wildman–Crippen LogP) is 3.54. The average Bonchev–Trinajstić information content (AvgIpc) is 2.48. The number of amides is 1. The first-order chi connectivity index (χ1) is 10.0. The third kappa shape index (κ3) is 3.59. The van der Waals surface area contributed by atoms with Crippen LogP contribution in [0, 0.1) is 0 Å². The number of carbonyl (C=O) groups excluding carboxylic acids is 2. The van der Waals surface area contributed by atoms with E-state index in [9.17, 15) is 9.59 Å². The number of nitrogens with one attached hydrogen (secondary N) is 1. The van der Waals surface area contributed by atoms with Crippen LogP contribution in [0.3, 0.4) is 0 Å². The third-order valence-corrected chi connectivity index (χ3v) is 3.59. The predicted molar refractivity (Wildman–Crippen MR) is 82.7 cm³/mol. The maximum absolute atomic E-state index is 12.1. The Bertz CT molecular complexity index is 706. The Morgan fingerprint density at radius 3 is 2.71 bits per heavy atom. The van der Waals surface area contributed by atoms with Crippen molar-refractivity contribution in [3.63, 3.8) is 0 Å². The summed E-state index contributed by atoms with van der Waals surface area (Å²) in [5.41, 5.74) is 0.995. The zero-order chi connectivity index (χ0) is 15.4. The summed E-state index contributed by atoms with van der Waals surface area (Å²) in [6, 6.07) is 7.85. The van der Waals surface area contributed by atoms with E-state index in [1.165, 1.54) is 19.2 Å². The largest absolute Gasteiger partial charge is 0.465 e. The van der Waals surface area contributed by atoms with Gasteiger partial charge in [-0.2, -0.15) is 0 Å². The zero-order valence-electron chi connectivity index (χ0n) is 10.9. The fourth-order valence-electron chi connectivity index (χ4n) is 1.62. The highest BCUT2D eigenvalue weighted by Gasteiger charge is 2.14. The molecule has 5 nitrogen and oxygen atoms in total. The van der Waals surface area contributed by atoms with Gasteiger partial charge in [-0.15, -0.1) is 0 Å². The summed E-state index contributed by atoms with van der Waals surface area (Å²) in [5, 5.41) is 2.92. The number of hydrogen-bond donors (Lipinski definition) is 1. The van der Waals surface area contributed by atoms with E-state index < -0.39 is 5.97 Å². The van der Waals surface area contributed by atoms with E-state index in [-0.39, 0.29) is 16.5 Å². The first-order valence-electron chi connectivity index (χ1n) is 5.82. The third-order valence-electron chi connectivity index (χ3n) is 2.63.